The predicted octanol–water partition coefficient (Wildman–Crippen LogP) is 4.10. The lowest BCUT2D eigenvalue weighted by Crippen LogP contribution is -2.54. The Hall–Kier alpha value is 0. The van der Waals surface area contributed by atoms with Crippen molar-refractivity contribution in [3.8, 4) is 0 Å². The Morgan fingerprint density at radius 1 is 0.667 bits per heavy atom. The molecule has 15 heavy (non-hydrogen) atoms. The van der Waals surface area contributed by atoms with E-state index in [0.717, 1.165) is 23.7 Å². The van der Waals surface area contributed by atoms with Crippen molar-refractivity contribution in [1.29, 1.82) is 0 Å². The quantitative estimate of drug-likeness (QED) is 0.557. The van der Waals surface area contributed by atoms with Gasteiger partial charge in [0.15, 0.2) is 0 Å². The molecule has 0 spiro atoms. The molecule has 5 atom stereocenters. The topological polar surface area (TPSA) is 0 Å². The molecule has 6 aliphatic carbocycles. The zero-order valence-electron chi connectivity index (χ0n) is 9.99. The molecular formula is C15H24. The van der Waals surface area contributed by atoms with E-state index in [2.05, 4.69) is 6.92 Å². The van der Waals surface area contributed by atoms with Crippen LogP contribution in [0.25, 0.3) is 0 Å². The Morgan fingerprint density at radius 2 is 1.27 bits per heavy atom. The van der Waals surface area contributed by atoms with Crippen molar-refractivity contribution in [2.45, 2.75) is 51.9 Å². The fourth-order valence-corrected chi connectivity index (χ4v) is 6.26. The second-order valence-electron chi connectivity index (χ2n) is 7.04. The summed E-state index contributed by atoms with van der Waals surface area (Å²) in [6, 6.07) is 0. The van der Waals surface area contributed by atoms with E-state index < -0.39 is 0 Å². The van der Waals surface area contributed by atoms with E-state index in [1.165, 1.54) is 17.8 Å². The highest BCUT2D eigenvalue weighted by Gasteiger charge is 2.55. The van der Waals surface area contributed by atoms with Crippen molar-refractivity contribution in [1.82, 2.24) is 0 Å². The average Bonchev–Trinajstić information content (AvgIpc) is 2.31. The third-order valence-corrected chi connectivity index (χ3v) is 6.66. The summed E-state index contributed by atoms with van der Waals surface area (Å²) in [5.74, 6) is 8.10. The molecule has 0 aromatic heterocycles. The van der Waals surface area contributed by atoms with Gasteiger partial charge in [-0.05, 0) is 86.4 Å². The SMILES string of the molecule is CC1CC2CCC1C1C3CCC(CC3)C21. The molecule has 0 heteroatoms. The van der Waals surface area contributed by atoms with Gasteiger partial charge in [0.2, 0.25) is 0 Å². The Balaban J connectivity index is 1.72. The van der Waals surface area contributed by atoms with E-state index in [1.54, 1.807) is 44.9 Å². The van der Waals surface area contributed by atoms with Crippen LogP contribution in [-0.2, 0) is 0 Å². The van der Waals surface area contributed by atoms with Gasteiger partial charge in [-0.15, -0.1) is 0 Å². The maximum absolute atomic E-state index is 2.55. The summed E-state index contributed by atoms with van der Waals surface area (Å²) in [6.07, 6.45) is 11.2. The molecule has 6 rings (SSSR count). The Bertz CT molecular complexity index is 261. The molecule has 0 radical (unpaired) electrons. The Labute approximate surface area is 93.8 Å². The molecule has 6 fully saturated rings. The molecule has 0 aromatic carbocycles. The van der Waals surface area contributed by atoms with Crippen molar-refractivity contribution in [2.75, 3.05) is 0 Å². The van der Waals surface area contributed by atoms with Gasteiger partial charge in [0, 0.05) is 0 Å². The van der Waals surface area contributed by atoms with Crippen LogP contribution in [0.5, 0.6) is 0 Å². The first kappa shape index (κ1) is 9.07. The van der Waals surface area contributed by atoms with Crippen molar-refractivity contribution < 1.29 is 0 Å². The van der Waals surface area contributed by atoms with Gasteiger partial charge in [-0.1, -0.05) is 6.92 Å². The largest absolute Gasteiger partial charge is 0.0622 e. The molecule has 0 aromatic rings. The fraction of sp³-hybridized carbons (Fsp3) is 1.00. The standard InChI is InChI=1S/C15H24/c1-9-8-12-6-7-13(9)15-11-4-2-10(3-5-11)14(12)15/h9-15H,2-8H2,1H3. The summed E-state index contributed by atoms with van der Waals surface area (Å²) in [5.41, 5.74) is 0. The van der Waals surface area contributed by atoms with Crippen LogP contribution in [-0.4, -0.2) is 0 Å². The summed E-state index contributed by atoms with van der Waals surface area (Å²) in [7, 11) is 0. The molecule has 6 saturated carbocycles. The molecule has 84 valence electrons. The third-order valence-electron chi connectivity index (χ3n) is 6.66. The first-order valence-corrected chi connectivity index (χ1v) is 7.34. The molecule has 4 bridgehead atoms. The second-order valence-corrected chi connectivity index (χ2v) is 7.04. The van der Waals surface area contributed by atoms with Crippen molar-refractivity contribution in [2.24, 2.45) is 41.4 Å². The smallest absolute Gasteiger partial charge is 0.0321 e. The van der Waals surface area contributed by atoms with Gasteiger partial charge in [0.1, 0.15) is 0 Å². The van der Waals surface area contributed by atoms with E-state index in [1.807, 2.05) is 0 Å². The monoisotopic (exact) mass is 204 g/mol. The van der Waals surface area contributed by atoms with Gasteiger partial charge in [0.25, 0.3) is 0 Å². The van der Waals surface area contributed by atoms with Crippen LogP contribution >= 0.6 is 0 Å². The van der Waals surface area contributed by atoms with Crippen molar-refractivity contribution in [3.63, 3.8) is 0 Å². The molecule has 0 amide bonds. The van der Waals surface area contributed by atoms with Crippen LogP contribution in [0.1, 0.15) is 51.9 Å². The minimum Gasteiger partial charge on any atom is -0.0622 e. The van der Waals surface area contributed by atoms with E-state index in [0.29, 0.717) is 0 Å². The van der Waals surface area contributed by atoms with Gasteiger partial charge in [-0.3, -0.25) is 0 Å². The van der Waals surface area contributed by atoms with Crippen LogP contribution in [0.3, 0.4) is 0 Å². The average molecular weight is 204 g/mol. The minimum atomic E-state index is 1.07. The van der Waals surface area contributed by atoms with E-state index in [4.69, 9.17) is 0 Å². The lowest BCUT2D eigenvalue weighted by Gasteiger charge is -2.62. The maximum atomic E-state index is 2.55. The minimum absolute atomic E-state index is 1.07. The van der Waals surface area contributed by atoms with E-state index in [9.17, 15) is 0 Å². The summed E-state index contributed by atoms with van der Waals surface area (Å²) < 4.78 is 0. The zero-order chi connectivity index (χ0) is 9.99. The second kappa shape index (κ2) is 3.02. The van der Waals surface area contributed by atoms with Gasteiger partial charge < -0.3 is 0 Å². The van der Waals surface area contributed by atoms with E-state index in [-0.39, 0.29) is 0 Å². The van der Waals surface area contributed by atoms with Gasteiger partial charge in [-0.2, -0.15) is 0 Å². The summed E-state index contributed by atoms with van der Waals surface area (Å²) in [4.78, 5) is 0. The van der Waals surface area contributed by atoms with E-state index >= 15 is 0 Å². The molecule has 0 nitrogen and oxygen atoms in total. The number of hydrogen-bond acceptors (Lipinski definition) is 0. The van der Waals surface area contributed by atoms with Gasteiger partial charge >= 0.3 is 0 Å². The van der Waals surface area contributed by atoms with Crippen molar-refractivity contribution in [3.05, 3.63) is 0 Å². The molecule has 0 N–H and O–H groups in total. The summed E-state index contributed by atoms with van der Waals surface area (Å²) in [5, 5.41) is 0. The Kier molecular flexibility index (Phi) is 1.83. The number of rotatable bonds is 0. The van der Waals surface area contributed by atoms with Crippen LogP contribution < -0.4 is 0 Å². The van der Waals surface area contributed by atoms with Gasteiger partial charge in [0.05, 0.1) is 0 Å². The summed E-state index contributed by atoms with van der Waals surface area (Å²) >= 11 is 0. The molecular weight excluding hydrogens is 180 g/mol. The highest BCUT2D eigenvalue weighted by atomic mass is 14.6. The third kappa shape index (κ3) is 1.09. The first-order chi connectivity index (χ1) is 7.34. The predicted molar refractivity (Wildman–Crippen MR) is 62.4 cm³/mol. The molecule has 0 aliphatic heterocycles. The molecule has 5 unspecified atom stereocenters. The molecule has 6 aliphatic rings. The van der Waals surface area contributed by atoms with Crippen molar-refractivity contribution >= 4 is 0 Å². The Morgan fingerprint density at radius 3 is 1.93 bits per heavy atom. The summed E-state index contributed by atoms with van der Waals surface area (Å²) in [6.45, 7) is 2.55. The normalized spacial score (nSPS) is 61.8. The lowest BCUT2D eigenvalue weighted by molar-refractivity contribution is -0.127. The molecule has 0 heterocycles. The number of fused-ring (bicyclic) bond motifs is 4. The highest BCUT2D eigenvalue weighted by molar-refractivity contribution is 5.04. The fourth-order valence-electron chi connectivity index (χ4n) is 6.26. The maximum Gasteiger partial charge on any atom is -0.0321 e. The number of hydrogen-bond donors (Lipinski definition) is 0. The van der Waals surface area contributed by atoms with Gasteiger partial charge in [-0.25, -0.2) is 0 Å². The molecule has 0 saturated heterocycles. The van der Waals surface area contributed by atoms with Crippen LogP contribution in [0.4, 0.5) is 0 Å². The van der Waals surface area contributed by atoms with Crippen LogP contribution in [0.15, 0.2) is 0 Å². The lowest BCUT2D eigenvalue weighted by atomic mass is 9.43. The highest BCUT2D eigenvalue weighted by Crippen LogP contribution is 2.63. The van der Waals surface area contributed by atoms with Crippen LogP contribution in [0, 0.1) is 41.4 Å². The zero-order valence-corrected chi connectivity index (χ0v) is 9.99. The first-order valence-electron chi connectivity index (χ1n) is 7.34. The van der Waals surface area contributed by atoms with Crippen LogP contribution in [0.2, 0.25) is 0 Å².